The van der Waals surface area contributed by atoms with Gasteiger partial charge in [-0.15, -0.1) is 0 Å². The zero-order valence-corrected chi connectivity index (χ0v) is 14.2. The highest BCUT2D eigenvalue weighted by Crippen LogP contribution is 2.21. The minimum atomic E-state index is -0.984. The third-order valence-corrected chi connectivity index (χ3v) is 3.97. The highest BCUT2D eigenvalue weighted by Gasteiger charge is 2.21. The second kappa shape index (κ2) is 7.32. The summed E-state index contributed by atoms with van der Waals surface area (Å²) in [5.74, 6) is -1.07. The van der Waals surface area contributed by atoms with Crippen LogP contribution in [0.25, 0.3) is 10.9 Å². The number of hydrogen-bond acceptors (Lipinski definition) is 4. The van der Waals surface area contributed by atoms with Gasteiger partial charge in [-0.25, -0.2) is 4.79 Å². The maximum Gasteiger partial charge on any atom is 0.341 e. The van der Waals surface area contributed by atoms with Crippen LogP contribution in [0.5, 0.6) is 0 Å². The van der Waals surface area contributed by atoms with Crippen LogP contribution >= 0.6 is 11.6 Å². The van der Waals surface area contributed by atoms with Gasteiger partial charge in [0.1, 0.15) is 0 Å². The number of esters is 1. The van der Waals surface area contributed by atoms with Crippen molar-refractivity contribution in [1.82, 2.24) is 4.98 Å². The SMILES string of the molecule is C[C@H](OC(=O)c1cccc2cccnc12)C(=O)Nc1ccccc1Cl. The zero-order chi connectivity index (χ0) is 17.8. The van der Waals surface area contributed by atoms with Gasteiger partial charge in [0.25, 0.3) is 5.91 Å². The van der Waals surface area contributed by atoms with Crippen LogP contribution in [0.3, 0.4) is 0 Å². The van der Waals surface area contributed by atoms with Gasteiger partial charge >= 0.3 is 5.97 Å². The Balaban J connectivity index is 1.74. The number of halogens is 1. The van der Waals surface area contributed by atoms with E-state index in [4.69, 9.17) is 16.3 Å². The summed E-state index contributed by atoms with van der Waals surface area (Å²) in [5, 5.41) is 3.87. The highest BCUT2D eigenvalue weighted by molar-refractivity contribution is 6.33. The molecule has 0 aliphatic rings. The van der Waals surface area contributed by atoms with Gasteiger partial charge in [0.05, 0.1) is 21.8 Å². The summed E-state index contributed by atoms with van der Waals surface area (Å²) in [7, 11) is 0. The molecule has 126 valence electrons. The van der Waals surface area contributed by atoms with Crippen LogP contribution in [0.2, 0.25) is 5.02 Å². The van der Waals surface area contributed by atoms with Crippen molar-refractivity contribution in [3.8, 4) is 0 Å². The number of ether oxygens (including phenoxy) is 1. The molecule has 0 bridgehead atoms. The van der Waals surface area contributed by atoms with Crippen LogP contribution in [0.4, 0.5) is 5.69 Å². The number of fused-ring (bicyclic) bond motifs is 1. The molecule has 0 spiro atoms. The Bertz CT molecular complexity index is 937. The van der Waals surface area contributed by atoms with Crippen molar-refractivity contribution in [3.63, 3.8) is 0 Å². The second-order valence-corrected chi connectivity index (χ2v) is 5.80. The van der Waals surface area contributed by atoms with Crippen LogP contribution in [-0.2, 0) is 9.53 Å². The Morgan fingerprint density at radius 3 is 2.64 bits per heavy atom. The summed E-state index contributed by atoms with van der Waals surface area (Å²) in [6, 6.07) is 15.7. The van der Waals surface area contributed by atoms with Crippen molar-refractivity contribution in [2.24, 2.45) is 0 Å². The van der Waals surface area contributed by atoms with E-state index in [-0.39, 0.29) is 0 Å². The summed E-state index contributed by atoms with van der Waals surface area (Å²) < 4.78 is 5.28. The Morgan fingerprint density at radius 2 is 1.84 bits per heavy atom. The highest BCUT2D eigenvalue weighted by atomic mass is 35.5. The first-order chi connectivity index (χ1) is 12.1. The predicted molar refractivity (Wildman–Crippen MR) is 96.7 cm³/mol. The number of rotatable bonds is 4. The lowest BCUT2D eigenvalue weighted by Crippen LogP contribution is -2.30. The number of hydrogen-bond donors (Lipinski definition) is 1. The molecule has 5 nitrogen and oxygen atoms in total. The first-order valence-electron chi connectivity index (χ1n) is 7.66. The maximum absolute atomic E-state index is 12.4. The van der Waals surface area contributed by atoms with Gasteiger partial charge in [0, 0.05) is 11.6 Å². The lowest BCUT2D eigenvalue weighted by Gasteiger charge is -2.14. The molecule has 0 unspecified atom stereocenters. The molecule has 2 aromatic carbocycles. The molecule has 0 saturated heterocycles. The molecular formula is C19H15ClN2O3. The first kappa shape index (κ1) is 16.9. The summed E-state index contributed by atoms with van der Waals surface area (Å²) >= 11 is 6.01. The number of pyridine rings is 1. The summed E-state index contributed by atoms with van der Waals surface area (Å²) in [4.78, 5) is 28.9. The van der Waals surface area contributed by atoms with Gasteiger partial charge in [-0.1, -0.05) is 41.9 Å². The number of amides is 1. The summed E-state index contributed by atoms with van der Waals surface area (Å²) in [6.07, 6.45) is 0.620. The van der Waals surface area contributed by atoms with Crippen molar-refractivity contribution in [3.05, 3.63) is 71.4 Å². The van der Waals surface area contributed by atoms with E-state index in [9.17, 15) is 9.59 Å². The van der Waals surface area contributed by atoms with Gasteiger partial charge in [0.2, 0.25) is 0 Å². The molecule has 0 fully saturated rings. The summed E-state index contributed by atoms with van der Waals surface area (Å²) in [5.41, 5.74) is 1.31. The number of anilines is 1. The van der Waals surface area contributed by atoms with Crippen LogP contribution < -0.4 is 5.32 Å². The largest absolute Gasteiger partial charge is 0.449 e. The van der Waals surface area contributed by atoms with Crippen LogP contribution in [0.15, 0.2) is 60.8 Å². The molecule has 3 rings (SSSR count). The third kappa shape index (κ3) is 3.78. The Morgan fingerprint density at radius 1 is 1.08 bits per heavy atom. The molecule has 1 N–H and O–H groups in total. The molecule has 1 atom stereocenters. The van der Waals surface area contributed by atoms with E-state index in [0.717, 1.165) is 5.39 Å². The van der Waals surface area contributed by atoms with Crippen LogP contribution in [-0.4, -0.2) is 23.0 Å². The number of nitrogens with zero attached hydrogens (tertiary/aromatic N) is 1. The fourth-order valence-corrected chi connectivity index (χ4v) is 2.53. The number of aromatic nitrogens is 1. The van der Waals surface area contributed by atoms with Crippen molar-refractivity contribution in [2.75, 3.05) is 5.32 Å². The first-order valence-corrected chi connectivity index (χ1v) is 8.04. The van der Waals surface area contributed by atoms with Crippen LogP contribution in [0.1, 0.15) is 17.3 Å². The van der Waals surface area contributed by atoms with E-state index in [1.165, 1.54) is 6.92 Å². The van der Waals surface area contributed by atoms with Crippen molar-refractivity contribution >= 4 is 40.1 Å². The van der Waals surface area contributed by atoms with Gasteiger partial charge < -0.3 is 10.1 Å². The molecule has 1 heterocycles. The molecule has 0 radical (unpaired) electrons. The van der Waals surface area contributed by atoms with E-state index in [1.54, 1.807) is 48.7 Å². The number of para-hydroxylation sites is 2. The molecule has 3 aromatic rings. The van der Waals surface area contributed by atoms with E-state index in [0.29, 0.717) is 21.8 Å². The van der Waals surface area contributed by atoms with Gasteiger partial charge in [-0.3, -0.25) is 9.78 Å². The standard InChI is InChI=1S/C19H15ClN2O3/c1-12(18(23)22-16-10-3-2-9-15(16)20)25-19(24)14-8-4-6-13-7-5-11-21-17(13)14/h2-12H,1H3,(H,22,23)/t12-/m0/s1. The smallest absolute Gasteiger partial charge is 0.341 e. The molecule has 25 heavy (non-hydrogen) atoms. The fraction of sp³-hybridized carbons (Fsp3) is 0.105. The van der Waals surface area contributed by atoms with Crippen molar-refractivity contribution in [2.45, 2.75) is 13.0 Å². The van der Waals surface area contributed by atoms with Gasteiger partial charge in [-0.2, -0.15) is 0 Å². The molecular weight excluding hydrogens is 340 g/mol. The fourth-order valence-electron chi connectivity index (χ4n) is 2.34. The Labute approximate surface area is 149 Å². The van der Waals surface area contributed by atoms with Gasteiger partial charge in [0.15, 0.2) is 6.10 Å². The monoisotopic (exact) mass is 354 g/mol. The molecule has 6 heteroatoms. The number of carbonyl (C=O) groups excluding carboxylic acids is 2. The average molecular weight is 355 g/mol. The lowest BCUT2D eigenvalue weighted by molar-refractivity contribution is -0.123. The van der Waals surface area contributed by atoms with E-state index in [2.05, 4.69) is 10.3 Å². The quantitative estimate of drug-likeness (QED) is 0.717. The van der Waals surface area contributed by atoms with Crippen molar-refractivity contribution < 1.29 is 14.3 Å². The predicted octanol–water partition coefficient (Wildman–Crippen LogP) is 4.07. The van der Waals surface area contributed by atoms with Crippen molar-refractivity contribution in [1.29, 1.82) is 0 Å². The van der Waals surface area contributed by atoms with E-state index in [1.807, 2.05) is 12.1 Å². The number of benzene rings is 2. The lowest BCUT2D eigenvalue weighted by atomic mass is 10.1. The number of nitrogens with one attached hydrogen (secondary N) is 1. The summed E-state index contributed by atoms with van der Waals surface area (Å²) in [6.45, 7) is 1.50. The normalized spacial score (nSPS) is 11.8. The second-order valence-electron chi connectivity index (χ2n) is 5.40. The van der Waals surface area contributed by atoms with E-state index < -0.39 is 18.0 Å². The average Bonchev–Trinajstić information content (AvgIpc) is 2.63. The minimum absolute atomic E-state index is 0.315. The minimum Gasteiger partial charge on any atom is -0.449 e. The Hall–Kier alpha value is -2.92. The topological polar surface area (TPSA) is 68.3 Å². The van der Waals surface area contributed by atoms with E-state index >= 15 is 0 Å². The molecule has 0 aliphatic heterocycles. The van der Waals surface area contributed by atoms with Crippen LogP contribution in [0, 0.1) is 0 Å². The maximum atomic E-state index is 12.4. The third-order valence-electron chi connectivity index (χ3n) is 3.64. The molecule has 1 aromatic heterocycles. The Kier molecular flexibility index (Phi) is 4.95. The molecule has 0 saturated carbocycles. The zero-order valence-electron chi connectivity index (χ0n) is 13.4. The number of carbonyl (C=O) groups is 2. The van der Waals surface area contributed by atoms with Gasteiger partial charge in [-0.05, 0) is 31.2 Å². The molecule has 1 amide bonds. The molecule has 0 aliphatic carbocycles.